The standard InChI is InChI=1S/C19H24N4O/c1-3-16(19-21-20-18-4-2-9-23(18)19)13-22(8-1)12-14-5-6-17-15(11-14)7-10-24-17/h5-6,11,16H,1-4,7-10,12-13H2. The summed E-state index contributed by atoms with van der Waals surface area (Å²) in [5.74, 6) is 4.04. The average Bonchev–Trinajstić information content (AvgIpc) is 3.31. The van der Waals surface area contributed by atoms with Gasteiger partial charge >= 0.3 is 0 Å². The van der Waals surface area contributed by atoms with Crippen molar-refractivity contribution >= 4 is 0 Å². The molecule has 3 aliphatic rings. The van der Waals surface area contributed by atoms with E-state index < -0.39 is 0 Å². The normalized spacial score (nSPS) is 23.1. The number of fused-ring (bicyclic) bond motifs is 2. The van der Waals surface area contributed by atoms with E-state index in [9.17, 15) is 0 Å². The Morgan fingerprint density at radius 3 is 3.12 bits per heavy atom. The lowest BCUT2D eigenvalue weighted by Crippen LogP contribution is -2.34. The minimum atomic E-state index is 0.538. The molecule has 1 unspecified atom stereocenters. The maximum Gasteiger partial charge on any atom is 0.137 e. The number of rotatable bonds is 3. The van der Waals surface area contributed by atoms with Crippen LogP contribution in [0.5, 0.6) is 5.75 Å². The Balaban J connectivity index is 1.30. The smallest absolute Gasteiger partial charge is 0.137 e. The van der Waals surface area contributed by atoms with Crippen LogP contribution in [-0.2, 0) is 25.9 Å². The number of benzene rings is 1. The van der Waals surface area contributed by atoms with Gasteiger partial charge < -0.3 is 9.30 Å². The topological polar surface area (TPSA) is 43.2 Å². The third-order valence-corrected chi connectivity index (χ3v) is 5.67. The third-order valence-electron chi connectivity index (χ3n) is 5.67. The lowest BCUT2D eigenvalue weighted by Gasteiger charge is -2.32. The molecule has 0 spiro atoms. The fourth-order valence-corrected chi connectivity index (χ4v) is 4.48. The number of ether oxygens (including phenoxy) is 1. The molecule has 0 N–H and O–H groups in total. The number of nitrogens with zero attached hydrogens (tertiary/aromatic N) is 4. The molecule has 1 atom stereocenters. The van der Waals surface area contributed by atoms with Crippen molar-refractivity contribution in [3.8, 4) is 5.75 Å². The first-order valence-electron chi connectivity index (χ1n) is 9.26. The van der Waals surface area contributed by atoms with Crippen LogP contribution < -0.4 is 4.74 Å². The quantitative estimate of drug-likeness (QED) is 0.870. The van der Waals surface area contributed by atoms with Crippen LogP contribution in [0.4, 0.5) is 0 Å². The zero-order valence-corrected chi connectivity index (χ0v) is 14.1. The molecule has 5 nitrogen and oxygen atoms in total. The Morgan fingerprint density at radius 2 is 2.12 bits per heavy atom. The second-order valence-corrected chi connectivity index (χ2v) is 7.34. The van der Waals surface area contributed by atoms with E-state index in [1.165, 1.54) is 48.6 Å². The monoisotopic (exact) mass is 324 g/mol. The number of aromatic nitrogens is 3. The summed E-state index contributed by atoms with van der Waals surface area (Å²) in [5.41, 5.74) is 2.78. The van der Waals surface area contributed by atoms with Crippen molar-refractivity contribution < 1.29 is 4.74 Å². The second-order valence-electron chi connectivity index (χ2n) is 7.34. The Hall–Kier alpha value is -1.88. The van der Waals surface area contributed by atoms with E-state index >= 15 is 0 Å². The SMILES string of the molecule is c1cc2c(cc1CN1CCCC(c3nnc4n3CCC4)C1)CCO2. The van der Waals surface area contributed by atoms with E-state index in [0.717, 1.165) is 44.8 Å². The molecule has 3 aliphatic heterocycles. The molecular formula is C19H24N4O. The van der Waals surface area contributed by atoms with Gasteiger partial charge in [0.2, 0.25) is 0 Å². The van der Waals surface area contributed by atoms with Crippen LogP contribution in [0.15, 0.2) is 18.2 Å². The average molecular weight is 324 g/mol. The van der Waals surface area contributed by atoms with Gasteiger partial charge in [-0.2, -0.15) is 0 Å². The Morgan fingerprint density at radius 1 is 1.12 bits per heavy atom. The molecule has 0 aliphatic carbocycles. The fourth-order valence-electron chi connectivity index (χ4n) is 4.48. The van der Waals surface area contributed by atoms with Gasteiger partial charge in [-0.25, -0.2) is 0 Å². The van der Waals surface area contributed by atoms with E-state index in [2.05, 4.69) is 37.9 Å². The minimum absolute atomic E-state index is 0.538. The van der Waals surface area contributed by atoms with Crippen LogP contribution in [0.2, 0.25) is 0 Å². The van der Waals surface area contributed by atoms with Gasteiger partial charge in [-0.1, -0.05) is 12.1 Å². The second kappa shape index (κ2) is 5.88. The molecule has 1 fully saturated rings. The van der Waals surface area contributed by atoms with E-state index in [1.807, 2.05) is 0 Å². The van der Waals surface area contributed by atoms with Crippen LogP contribution in [0.1, 0.15) is 48.0 Å². The summed E-state index contributed by atoms with van der Waals surface area (Å²) in [6, 6.07) is 6.70. The molecule has 4 heterocycles. The van der Waals surface area contributed by atoms with Gasteiger partial charge in [0.15, 0.2) is 0 Å². The molecule has 24 heavy (non-hydrogen) atoms. The number of hydrogen-bond acceptors (Lipinski definition) is 4. The molecule has 1 aromatic carbocycles. The Bertz CT molecular complexity index is 754. The Labute approximate surface area is 142 Å². The van der Waals surface area contributed by atoms with Crippen molar-refractivity contribution in [1.29, 1.82) is 0 Å². The number of piperidine rings is 1. The molecule has 2 aromatic rings. The van der Waals surface area contributed by atoms with Gasteiger partial charge in [-0.3, -0.25) is 4.90 Å². The van der Waals surface area contributed by atoms with E-state index in [0.29, 0.717) is 5.92 Å². The number of aryl methyl sites for hydroxylation is 1. The highest BCUT2D eigenvalue weighted by molar-refractivity contribution is 5.39. The summed E-state index contributed by atoms with van der Waals surface area (Å²) in [7, 11) is 0. The number of hydrogen-bond donors (Lipinski definition) is 0. The summed E-state index contributed by atoms with van der Waals surface area (Å²) < 4.78 is 8.00. The van der Waals surface area contributed by atoms with Gasteiger partial charge in [-0.15, -0.1) is 10.2 Å². The molecule has 0 amide bonds. The van der Waals surface area contributed by atoms with Crippen molar-refractivity contribution in [3.63, 3.8) is 0 Å². The molecule has 0 radical (unpaired) electrons. The summed E-state index contributed by atoms with van der Waals surface area (Å²) in [6.07, 6.45) is 5.87. The van der Waals surface area contributed by atoms with Crippen molar-refractivity contribution in [2.45, 2.75) is 51.1 Å². The van der Waals surface area contributed by atoms with Crippen LogP contribution in [0.25, 0.3) is 0 Å². The highest BCUT2D eigenvalue weighted by atomic mass is 16.5. The highest BCUT2D eigenvalue weighted by Gasteiger charge is 2.28. The highest BCUT2D eigenvalue weighted by Crippen LogP contribution is 2.30. The summed E-state index contributed by atoms with van der Waals surface area (Å²) in [5, 5.41) is 8.92. The lowest BCUT2D eigenvalue weighted by atomic mass is 9.96. The van der Waals surface area contributed by atoms with Gasteiger partial charge in [0.1, 0.15) is 17.4 Å². The molecule has 5 rings (SSSR count). The van der Waals surface area contributed by atoms with Crippen LogP contribution in [0, 0.1) is 0 Å². The van der Waals surface area contributed by atoms with Gasteiger partial charge in [0.05, 0.1) is 6.61 Å². The largest absolute Gasteiger partial charge is 0.493 e. The van der Waals surface area contributed by atoms with Crippen LogP contribution in [-0.4, -0.2) is 39.4 Å². The maximum atomic E-state index is 5.62. The van der Waals surface area contributed by atoms with Gasteiger partial charge in [0.25, 0.3) is 0 Å². The van der Waals surface area contributed by atoms with Crippen molar-refractivity contribution in [1.82, 2.24) is 19.7 Å². The lowest BCUT2D eigenvalue weighted by molar-refractivity contribution is 0.194. The zero-order valence-electron chi connectivity index (χ0n) is 14.1. The van der Waals surface area contributed by atoms with Gasteiger partial charge in [-0.05, 0) is 43.0 Å². The molecule has 0 saturated carbocycles. The summed E-state index contributed by atoms with van der Waals surface area (Å²) in [4.78, 5) is 2.59. The summed E-state index contributed by atoms with van der Waals surface area (Å²) in [6.45, 7) is 5.27. The predicted octanol–water partition coefficient (Wildman–Crippen LogP) is 2.54. The van der Waals surface area contributed by atoms with E-state index in [-0.39, 0.29) is 0 Å². The van der Waals surface area contributed by atoms with Crippen molar-refractivity contribution in [3.05, 3.63) is 41.0 Å². The number of likely N-dealkylation sites (tertiary alicyclic amines) is 1. The first-order chi connectivity index (χ1) is 11.9. The maximum absolute atomic E-state index is 5.62. The molecule has 126 valence electrons. The van der Waals surface area contributed by atoms with E-state index in [4.69, 9.17) is 4.74 Å². The van der Waals surface area contributed by atoms with Crippen LogP contribution in [0.3, 0.4) is 0 Å². The third kappa shape index (κ3) is 2.51. The molecule has 1 saturated heterocycles. The van der Waals surface area contributed by atoms with Gasteiger partial charge in [0, 0.05) is 38.4 Å². The molecular weight excluding hydrogens is 300 g/mol. The summed E-state index contributed by atoms with van der Waals surface area (Å²) >= 11 is 0. The zero-order chi connectivity index (χ0) is 15.9. The molecule has 0 bridgehead atoms. The van der Waals surface area contributed by atoms with Crippen LogP contribution >= 0.6 is 0 Å². The predicted molar refractivity (Wildman–Crippen MR) is 91.2 cm³/mol. The molecule has 1 aromatic heterocycles. The van der Waals surface area contributed by atoms with E-state index in [1.54, 1.807) is 0 Å². The van der Waals surface area contributed by atoms with Crippen molar-refractivity contribution in [2.75, 3.05) is 19.7 Å². The van der Waals surface area contributed by atoms with Crippen molar-refractivity contribution in [2.24, 2.45) is 0 Å². The first kappa shape index (κ1) is 14.5. The fraction of sp³-hybridized carbons (Fsp3) is 0.579. The minimum Gasteiger partial charge on any atom is -0.493 e. The Kier molecular flexibility index (Phi) is 3.55. The molecule has 5 heteroatoms. The first-order valence-corrected chi connectivity index (χ1v) is 9.26.